The summed E-state index contributed by atoms with van der Waals surface area (Å²) in [5.74, 6) is -1.55. The predicted octanol–water partition coefficient (Wildman–Crippen LogP) is 7.89. The number of nitrogens with zero attached hydrogens (tertiary/aromatic N) is 1. The van der Waals surface area contributed by atoms with Crippen LogP contribution in [0.25, 0.3) is 11.1 Å². The molecule has 3 nitrogen and oxygen atoms in total. The van der Waals surface area contributed by atoms with E-state index >= 15 is 0 Å². The van der Waals surface area contributed by atoms with Crippen LogP contribution in [0.5, 0.6) is 0 Å². The lowest BCUT2D eigenvalue weighted by Gasteiger charge is -2.37. The van der Waals surface area contributed by atoms with Gasteiger partial charge in [0.1, 0.15) is 11.6 Å². The maximum Gasteiger partial charge on any atom is 0.307 e. The Morgan fingerprint density at radius 3 is 2.19 bits per heavy atom. The number of rotatable bonds is 10. The Labute approximate surface area is 217 Å². The average Bonchev–Trinajstić information content (AvgIpc) is 2.91. The molecule has 2 atom stereocenters. The van der Waals surface area contributed by atoms with Gasteiger partial charge in [-0.15, -0.1) is 0 Å². The number of hydrogen-bond acceptors (Lipinski definition) is 3. The number of carbonyl (C=O) groups is 1. The number of esters is 1. The lowest BCUT2D eigenvalue weighted by atomic mass is 9.94. The summed E-state index contributed by atoms with van der Waals surface area (Å²) in [6.45, 7) is 4.80. The molecule has 0 spiro atoms. The van der Waals surface area contributed by atoms with E-state index in [9.17, 15) is 13.6 Å². The first-order valence-corrected chi connectivity index (χ1v) is 12.5. The molecule has 190 valence electrons. The first-order valence-electron chi connectivity index (χ1n) is 12.5. The van der Waals surface area contributed by atoms with Crippen molar-refractivity contribution in [2.75, 3.05) is 6.61 Å². The summed E-state index contributed by atoms with van der Waals surface area (Å²) in [6.07, 6.45) is 0.132. The Morgan fingerprint density at radius 2 is 1.51 bits per heavy atom. The number of ether oxygens (including phenoxy) is 1. The molecule has 0 aliphatic carbocycles. The van der Waals surface area contributed by atoms with E-state index in [-0.39, 0.29) is 24.5 Å². The Kier molecular flexibility index (Phi) is 8.81. The quantitative estimate of drug-likeness (QED) is 0.208. The summed E-state index contributed by atoms with van der Waals surface area (Å²) in [5.41, 5.74) is 4.01. The molecule has 0 heterocycles. The summed E-state index contributed by atoms with van der Waals surface area (Å²) < 4.78 is 33.6. The Morgan fingerprint density at radius 1 is 0.838 bits per heavy atom. The van der Waals surface area contributed by atoms with Gasteiger partial charge in [-0.05, 0) is 54.3 Å². The van der Waals surface area contributed by atoms with E-state index < -0.39 is 11.6 Å². The fourth-order valence-electron chi connectivity index (χ4n) is 4.68. The van der Waals surface area contributed by atoms with Crippen molar-refractivity contribution in [3.8, 4) is 11.1 Å². The van der Waals surface area contributed by atoms with Gasteiger partial charge in [-0.3, -0.25) is 9.69 Å². The predicted molar refractivity (Wildman–Crippen MR) is 143 cm³/mol. The molecule has 4 rings (SSSR count). The van der Waals surface area contributed by atoms with Crippen LogP contribution in [0, 0.1) is 11.6 Å². The SMILES string of the molecule is CCOC(=O)C[C@@H](c1cccc(-c2ccc(F)cc2F)c1)N(Cc1ccccc1)[C@H](C)c1ccccc1. The lowest BCUT2D eigenvalue weighted by Crippen LogP contribution is -2.33. The van der Waals surface area contributed by atoms with Crippen LogP contribution in [0.3, 0.4) is 0 Å². The van der Waals surface area contributed by atoms with E-state index in [4.69, 9.17) is 4.74 Å². The molecule has 0 aliphatic rings. The van der Waals surface area contributed by atoms with E-state index in [2.05, 4.69) is 36.1 Å². The zero-order valence-corrected chi connectivity index (χ0v) is 21.1. The van der Waals surface area contributed by atoms with Gasteiger partial charge in [-0.1, -0.05) is 78.9 Å². The molecule has 37 heavy (non-hydrogen) atoms. The number of benzene rings is 4. The van der Waals surface area contributed by atoms with Crippen molar-refractivity contribution < 1.29 is 18.3 Å². The standard InChI is InChI=1S/C32H31F2NO2/c1-3-37-32(36)21-31(27-16-10-15-26(19-27)29-18-17-28(33)20-30(29)34)35(22-24-11-6-4-7-12-24)23(2)25-13-8-5-9-14-25/h4-20,23,31H,3,21-22H2,1-2H3/t23-,31+/m1/s1. The summed E-state index contributed by atoms with van der Waals surface area (Å²) in [6, 6.07) is 30.9. The largest absolute Gasteiger partial charge is 0.466 e. The van der Waals surface area contributed by atoms with Gasteiger partial charge in [0.2, 0.25) is 0 Å². The van der Waals surface area contributed by atoms with Gasteiger partial charge in [0.05, 0.1) is 13.0 Å². The molecule has 0 amide bonds. The number of hydrogen-bond donors (Lipinski definition) is 0. The monoisotopic (exact) mass is 499 g/mol. The van der Waals surface area contributed by atoms with Crippen LogP contribution in [-0.4, -0.2) is 17.5 Å². The molecule has 0 saturated heterocycles. The summed E-state index contributed by atoms with van der Waals surface area (Å²) in [5, 5.41) is 0. The van der Waals surface area contributed by atoms with Gasteiger partial charge in [-0.25, -0.2) is 8.78 Å². The normalized spacial score (nSPS) is 12.8. The molecule has 0 bridgehead atoms. The van der Waals surface area contributed by atoms with Crippen LogP contribution in [-0.2, 0) is 16.1 Å². The molecular formula is C32H31F2NO2. The van der Waals surface area contributed by atoms with Crippen LogP contribution in [0.15, 0.2) is 103 Å². The van der Waals surface area contributed by atoms with Crippen molar-refractivity contribution >= 4 is 5.97 Å². The van der Waals surface area contributed by atoms with E-state index in [0.29, 0.717) is 24.3 Å². The molecule has 0 fully saturated rings. The molecule has 5 heteroatoms. The van der Waals surface area contributed by atoms with Gasteiger partial charge in [0.15, 0.2) is 0 Å². The minimum Gasteiger partial charge on any atom is -0.466 e. The highest BCUT2D eigenvalue weighted by atomic mass is 19.1. The third-order valence-corrected chi connectivity index (χ3v) is 6.57. The fourth-order valence-corrected chi connectivity index (χ4v) is 4.68. The van der Waals surface area contributed by atoms with Gasteiger partial charge >= 0.3 is 5.97 Å². The minimum absolute atomic E-state index is 0.0351. The summed E-state index contributed by atoms with van der Waals surface area (Å²) in [4.78, 5) is 15.1. The molecule has 4 aromatic rings. The van der Waals surface area contributed by atoms with E-state index in [1.165, 1.54) is 12.1 Å². The van der Waals surface area contributed by atoms with E-state index in [1.54, 1.807) is 13.0 Å². The first kappa shape index (κ1) is 26.2. The van der Waals surface area contributed by atoms with Crippen LogP contribution in [0.2, 0.25) is 0 Å². The molecule has 0 aromatic heterocycles. The third-order valence-electron chi connectivity index (χ3n) is 6.57. The molecule has 4 aromatic carbocycles. The average molecular weight is 500 g/mol. The molecule has 0 radical (unpaired) electrons. The van der Waals surface area contributed by atoms with Crippen molar-refractivity contribution in [3.05, 3.63) is 131 Å². The number of carbonyl (C=O) groups excluding carboxylic acids is 1. The summed E-state index contributed by atoms with van der Waals surface area (Å²) in [7, 11) is 0. The molecular weight excluding hydrogens is 468 g/mol. The Hall–Kier alpha value is -3.83. The van der Waals surface area contributed by atoms with Crippen molar-refractivity contribution in [2.24, 2.45) is 0 Å². The first-order chi connectivity index (χ1) is 18.0. The Bertz CT molecular complexity index is 1310. The maximum absolute atomic E-state index is 14.7. The maximum atomic E-state index is 14.7. The highest BCUT2D eigenvalue weighted by Crippen LogP contribution is 2.36. The second kappa shape index (κ2) is 12.4. The van der Waals surface area contributed by atoms with Gasteiger partial charge in [0.25, 0.3) is 0 Å². The smallest absolute Gasteiger partial charge is 0.307 e. The van der Waals surface area contributed by atoms with Crippen molar-refractivity contribution in [3.63, 3.8) is 0 Å². The molecule has 0 unspecified atom stereocenters. The number of halogens is 2. The second-order valence-electron chi connectivity index (χ2n) is 9.02. The van der Waals surface area contributed by atoms with Gasteiger partial charge < -0.3 is 4.74 Å². The lowest BCUT2D eigenvalue weighted by molar-refractivity contribution is -0.145. The van der Waals surface area contributed by atoms with Crippen LogP contribution >= 0.6 is 0 Å². The molecule has 0 aliphatic heterocycles. The van der Waals surface area contributed by atoms with Gasteiger partial charge in [-0.2, -0.15) is 0 Å². The van der Waals surface area contributed by atoms with Crippen molar-refractivity contribution in [2.45, 2.75) is 38.9 Å². The van der Waals surface area contributed by atoms with Crippen molar-refractivity contribution in [1.29, 1.82) is 0 Å². The highest BCUT2D eigenvalue weighted by Gasteiger charge is 2.29. The third kappa shape index (κ3) is 6.69. The second-order valence-corrected chi connectivity index (χ2v) is 9.02. The molecule has 0 saturated carbocycles. The minimum atomic E-state index is -0.627. The fraction of sp³-hybridized carbons (Fsp3) is 0.219. The van der Waals surface area contributed by atoms with Crippen LogP contribution < -0.4 is 0 Å². The van der Waals surface area contributed by atoms with Crippen LogP contribution in [0.4, 0.5) is 8.78 Å². The van der Waals surface area contributed by atoms with E-state index in [0.717, 1.165) is 22.8 Å². The zero-order valence-electron chi connectivity index (χ0n) is 21.1. The Balaban J connectivity index is 1.80. The van der Waals surface area contributed by atoms with Crippen LogP contribution in [0.1, 0.15) is 49.0 Å². The zero-order chi connectivity index (χ0) is 26.2. The van der Waals surface area contributed by atoms with E-state index in [1.807, 2.05) is 54.6 Å². The van der Waals surface area contributed by atoms with Crippen molar-refractivity contribution in [1.82, 2.24) is 4.90 Å². The highest BCUT2D eigenvalue weighted by molar-refractivity contribution is 5.71. The molecule has 0 N–H and O–H groups in total. The summed E-state index contributed by atoms with van der Waals surface area (Å²) >= 11 is 0. The topological polar surface area (TPSA) is 29.5 Å². The van der Waals surface area contributed by atoms with Gasteiger partial charge in [0, 0.05) is 30.3 Å².